The van der Waals surface area contributed by atoms with E-state index in [9.17, 15) is 18.0 Å². The fourth-order valence-electron chi connectivity index (χ4n) is 2.01. The number of carbonyl (C=O) groups excluding carboxylic acids is 1. The van der Waals surface area contributed by atoms with Gasteiger partial charge >= 0.3 is 12.1 Å². The molecule has 0 amide bonds. The van der Waals surface area contributed by atoms with Gasteiger partial charge in [-0.15, -0.1) is 0 Å². The molecule has 1 fully saturated rings. The molecule has 0 aromatic heterocycles. The van der Waals surface area contributed by atoms with Gasteiger partial charge in [0, 0.05) is 6.54 Å². The van der Waals surface area contributed by atoms with Crippen molar-refractivity contribution in [2.24, 2.45) is 0 Å². The van der Waals surface area contributed by atoms with E-state index in [1.54, 1.807) is 20.8 Å². The maximum Gasteiger partial charge on any atom is 0.415 e. The maximum atomic E-state index is 12.3. The molecule has 0 aliphatic carbocycles. The van der Waals surface area contributed by atoms with Crippen LogP contribution in [0.15, 0.2) is 0 Å². The van der Waals surface area contributed by atoms with Crippen molar-refractivity contribution < 1.29 is 27.8 Å². The Morgan fingerprint density at radius 1 is 1.42 bits per heavy atom. The number of carbonyl (C=O) groups is 1. The van der Waals surface area contributed by atoms with Gasteiger partial charge in [-0.3, -0.25) is 9.69 Å². The van der Waals surface area contributed by atoms with E-state index in [1.807, 2.05) is 0 Å². The Morgan fingerprint density at radius 3 is 2.47 bits per heavy atom. The van der Waals surface area contributed by atoms with E-state index in [0.29, 0.717) is 19.4 Å². The van der Waals surface area contributed by atoms with Gasteiger partial charge in [0.1, 0.15) is 11.6 Å². The van der Waals surface area contributed by atoms with Crippen LogP contribution >= 0.6 is 0 Å². The summed E-state index contributed by atoms with van der Waals surface area (Å²) >= 11 is 0. The summed E-state index contributed by atoms with van der Waals surface area (Å²) in [4.78, 5) is 13.2. The molecule has 1 N–H and O–H groups in total. The predicted octanol–water partition coefficient (Wildman–Crippen LogP) is 1.72. The van der Waals surface area contributed by atoms with Crippen molar-refractivity contribution in [1.29, 1.82) is 0 Å². The van der Waals surface area contributed by atoms with Crippen LogP contribution in [0.5, 0.6) is 0 Å². The number of ether oxygens (including phenoxy) is 1. The Kier molecular flexibility index (Phi) is 4.84. The number of aliphatic hydroxyl groups excluding tert-OH is 1. The first-order chi connectivity index (χ1) is 8.50. The minimum Gasteiger partial charge on any atom is -0.459 e. The number of halogens is 3. The number of likely N-dealkylation sites (tertiary alicyclic amines) is 1. The zero-order chi connectivity index (χ0) is 14.8. The lowest BCUT2D eigenvalue weighted by Crippen LogP contribution is -2.47. The third-order valence-corrected chi connectivity index (χ3v) is 2.83. The molecular formula is C12H20F3NO3. The summed E-state index contributed by atoms with van der Waals surface area (Å²) < 4.78 is 42.1. The van der Waals surface area contributed by atoms with Gasteiger partial charge in [0.05, 0.1) is 0 Å². The van der Waals surface area contributed by atoms with Crippen molar-refractivity contribution in [2.75, 3.05) is 13.1 Å². The Hall–Kier alpha value is -0.820. The van der Waals surface area contributed by atoms with Crippen molar-refractivity contribution >= 4 is 5.97 Å². The second kappa shape index (κ2) is 5.66. The largest absolute Gasteiger partial charge is 0.459 e. The van der Waals surface area contributed by atoms with Gasteiger partial charge in [0.2, 0.25) is 0 Å². The highest BCUT2D eigenvalue weighted by Gasteiger charge is 2.42. The summed E-state index contributed by atoms with van der Waals surface area (Å²) in [5, 5.41) is 9.06. The summed E-state index contributed by atoms with van der Waals surface area (Å²) in [5.74, 6) is -0.528. The van der Waals surface area contributed by atoms with Crippen LogP contribution in [0, 0.1) is 0 Å². The van der Waals surface area contributed by atoms with E-state index < -0.39 is 36.4 Å². The molecule has 0 aromatic carbocycles. The van der Waals surface area contributed by atoms with Gasteiger partial charge in [-0.25, -0.2) is 0 Å². The minimum atomic E-state index is -4.67. The molecule has 4 nitrogen and oxygen atoms in total. The van der Waals surface area contributed by atoms with Gasteiger partial charge in [-0.1, -0.05) is 0 Å². The van der Waals surface area contributed by atoms with Gasteiger partial charge in [0.15, 0.2) is 6.10 Å². The third-order valence-electron chi connectivity index (χ3n) is 2.83. The highest BCUT2D eigenvalue weighted by molar-refractivity contribution is 5.76. The van der Waals surface area contributed by atoms with Gasteiger partial charge < -0.3 is 9.84 Å². The number of nitrogens with zero attached hydrogens (tertiary/aromatic N) is 1. The standard InChI is InChI=1S/C12H20F3NO3/c1-11(2,3)19-10(18)8-5-4-6-16(8)7-9(17)12(13,14)15/h8-9,17H,4-7H2,1-3H3/t8-,9?/m1/s1. The molecule has 0 aromatic rings. The quantitative estimate of drug-likeness (QED) is 0.801. The normalized spacial score (nSPS) is 23.4. The average molecular weight is 283 g/mol. The first-order valence-electron chi connectivity index (χ1n) is 6.22. The minimum absolute atomic E-state index is 0.358. The van der Waals surface area contributed by atoms with E-state index in [-0.39, 0.29) is 0 Å². The molecule has 1 unspecified atom stereocenters. The first-order valence-corrected chi connectivity index (χ1v) is 6.22. The van der Waals surface area contributed by atoms with Gasteiger partial charge in [0.25, 0.3) is 0 Å². The molecule has 1 aliphatic rings. The number of esters is 1. The average Bonchev–Trinajstić information content (AvgIpc) is 2.61. The highest BCUT2D eigenvalue weighted by atomic mass is 19.4. The number of alkyl halides is 3. The number of hydrogen-bond acceptors (Lipinski definition) is 4. The zero-order valence-electron chi connectivity index (χ0n) is 11.3. The Labute approximate surface area is 110 Å². The van der Waals surface area contributed by atoms with Crippen molar-refractivity contribution in [3.63, 3.8) is 0 Å². The van der Waals surface area contributed by atoms with Crippen LogP contribution < -0.4 is 0 Å². The number of hydrogen-bond donors (Lipinski definition) is 1. The van der Waals surface area contributed by atoms with Crippen LogP contribution in [-0.2, 0) is 9.53 Å². The molecule has 2 atom stereocenters. The number of aliphatic hydroxyl groups is 1. The van der Waals surface area contributed by atoms with E-state index in [1.165, 1.54) is 4.90 Å². The Morgan fingerprint density at radius 2 is 2.00 bits per heavy atom. The highest BCUT2D eigenvalue weighted by Crippen LogP contribution is 2.25. The fourth-order valence-corrected chi connectivity index (χ4v) is 2.01. The van der Waals surface area contributed by atoms with Crippen LogP contribution in [0.3, 0.4) is 0 Å². The molecule has 1 rings (SSSR count). The lowest BCUT2D eigenvalue weighted by atomic mass is 10.1. The molecule has 7 heteroatoms. The summed E-state index contributed by atoms with van der Waals surface area (Å²) in [7, 11) is 0. The fraction of sp³-hybridized carbons (Fsp3) is 0.917. The van der Waals surface area contributed by atoms with Crippen LogP contribution in [0.4, 0.5) is 13.2 Å². The Bertz CT molecular complexity index is 325. The van der Waals surface area contributed by atoms with Gasteiger partial charge in [-0.05, 0) is 40.2 Å². The SMILES string of the molecule is CC(C)(C)OC(=O)[C@H]1CCCN1CC(O)C(F)(F)F. The van der Waals surface area contributed by atoms with Crippen molar-refractivity contribution in [1.82, 2.24) is 4.90 Å². The van der Waals surface area contributed by atoms with Crippen LogP contribution in [0.25, 0.3) is 0 Å². The second-order valence-corrected chi connectivity index (χ2v) is 5.74. The van der Waals surface area contributed by atoms with Crippen LogP contribution in [0.1, 0.15) is 33.6 Å². The molecule has 112 valence electrons. The number of β-amino-alcohol motifs (C(OH)–C–C–N with tert-alkyl or cyclic N) is 1. The first kappa shape index (κ1) is 16.2. The summed E-state index contributed by atoms with van der Waals surface area (Å²) in [6.07, 6.45) is -6.02. The van der Waals surface area contributed by atoms with Crippen LogP contribution in [-0.4, -0.2) is 53.0 Å². The van der Waals surface area contributed by atoms with E-state index in [0.717, 1.165) is 0 Å². The molecule has 1 saturated heterocycles. The molecule has 19 heavy (non-hydrogen) atoms. The molecule has 0 saturated carbocycles. The lowest BCUT2D eigenvalue weighted by molar-refractivity contribution is -0.209. The lowest BCUT2D eigenvalue weighted by Gasteiger charge is -2.29. The number of rotatable bonds is 3. The van der Waals surface area contributed by atoms with E-state index >= 15 is 0 Å². The van der Waals surface area contributed by atoms with E-state index in [2.05, 4.69) is 0 Å². The summed E-state index contributed by atoms with van der Waals surface area (Å²) in [5.41, 5.74) is -0.673. The molecule has 0 bridgehead atoms. The third kappa shape index (κ3) is 4.99. The predicted molar refractivity (Wildman–Crippen MR) is 62.5 cm³/mol. The smallest absolute Gasteiger partial charge is 0.415 e. The van der Waals surface area contributed by atoms with Crippen molar-refractivity contribution in [3.8, 4) is 0 Å². The van der Waals surface area contributed by atoms with Crippen LogP contribution in [0.2, 0.25) is 0 Å². The Balaban J connectivity index is 2.62. The topological polar surface area (TPSA) is 49.8 Å². The molecule has 0 spiro atoms. The van der Waals surface area contributed by atoms with Crippen molar-refractivity contribution in [3.05, 3.63) is 0 Å². The summed E-state index contributed by atoms with van der Waals surface area (Å²) in [6.45, 7) is 4.88. The zero-order valence-corrected chi connectivity index (χ0v) is 11.3. The molecule has 0 radical (unpaired) electrons. The second-order valence-electron chi connectivity index (χ2n) is 5.74. The molecular weight excluding hydrogens is 263 g/mol. The summed E-state index contributed by atoms with van der Waals surface area (Å²) in [6, 6.07) is -0.698. The van der Waals surface area contributed by atoms with Gasteiger partial charge in [-0.2, -0.15) is 13.2 Å². The monoisotopic (exact) mass is 283 g/mol. The van der Waals surface area contributed by atoms with E-state index in [4.69, 9.17) is 9.84 Å². The molecule has 1 heterocycles. The maximum absolute atomic E-state index is 12.3. The van der Waals surface area contributed by atoms with Crippen molar-refractivity contribution in [2.45, 2.75) is 57.5 Å². The molecule has 1 aliphatic heterocycles.